The van der Waals surface area contributed by atoms with E-state index < -0.39 is 0 Å². The molecular formula is C24H22N2O4. The number of benzene rings is 3. The lowest BCUT2D eigenvalue weighted by Gasteiger charge is -2.18. The molecule has 2 amide bonds. The van der Waals surface area contributed by atoms with Crippen LogP contribution < -0.4 is 15.0 Å². The van der Waals surface area contributed by atoms with Crippen LogP contribution in [-0.2, 0) is 16.0 Å². The molecule has 1 aliphatic rings. The van der Waals surface area contributed by atoms with Crippen LogP contribution in [0.3, 0.4) is 0 Å². The van der Waals surface area contributed by atoms with Crippen molar-refractivity contribution >= 4 is 17.5 Å². The van der Waals surface area contributed by atoms with Gasteiger partial charge in [-0.1, -0.05) is 36.4 Å². The predicted octanol–water partition coefficient (Wildman–Crippen LogP) is 3.65. The van der Waals surface area contributed by atoms with Crippen LogP contribution in [0.4, 0.5) is 5.69 Å². The van der Waals surface area contributed by atoms with Crippen molar-refractivity contribution in [3.8, 4) is 17.2 Å². The maximum Gasteiger partial charge on any atom is 0.229 e. The predicted molar refractivity (Wildman–Crippen MR) is 114 cm³/mol. The number of para-hydroxylation sites is 2. The van der Waals surface area contributed by atoms with Gasteiger partial charge in [0.2, 0.25) is 11.8 Å². The summed E-state index contributed by atoms with van der Waals surface area (Å²) in [6.07, 6.45) is 0.317. The maximum absolute atomic E-state index is 12.5. The number of nitrogens with one attached hydrogen (secondary N) is 1. The molecule has 30 heavy (non-hydrogen) atoms. The number of anilines is 1. The highest BCUT2D eigenvalue weighted by Gasteiger charge is 2.31. The van der Waals surface area contributed by atoms with Crippen molar-refractivity contribution in [3.05, 3.63) is 84.4 Å². The highest BCUT2D eigenvalue weighted by Crippen LogP contribution is 2.27. The molecule has 0 bridgehead atoms. The largest absolute Gasteiger partial charge is 0.508 e. The van der Waals surface area contributed by atoms with Gasteiger partial charge in [0.1, 0.15) is 17.2 Å². The van der Waals surface area contributed by atoms with Crippen LogP contribution in [0.5, 0.6) is 17.2 Å². The summed E-state index contributed by atoms with van der Waals surface area (Å²) in [6, 6.07) is 23.3. The van der Waals surface area contributed by atoms with Gasteiger partial charge in [0, 0.05) is 24.2 Å². The van der Waals surface area contributed by atoms with Crippen molar-refractivity contribution in [1.82, 2.24) is 5.32 Å². The minimum atomic E-state index is -0.267. The molecule has 1 heterocycles. The van der Waals surface area contributed by atoms with Crippen LogP contribution in [0.15, 0.2) is 78.9 Å². The zero-order chi connectivity index (χ0) is 20.9. The molecule has 6 nitrogen and oxygen atoms in total. The van der Waals surface area contributed by atoms with Crippen LogP contribution in [0.2, 0.25) is 0 Å². The Hall–Kier alpha value is -3.80. The molecule has 1 atom stereocenters. The lowest BCUT2D eigenvalue weighted by molar-refractivity contribution is -0.121. The van der Waals surface area contributed by atoms with Crippen molar-refractivity contribution in [3.63, 3.8) is 0 Å². The van der Waals surface area contributed by atoms with Crippen molar-refractivity contribution in [2.24, 2.45) is 0 Å². The zero-order valence-electron chi connectivity index (χ0n) is 16.3. The number of aromatic hydroxyl groups is 1. The standard InChI is InChI=1S/C24H22N2O4/c27-22-9-5-4-6-17(22)14-23(28)25-18-15-24(29)26(16-18)19-10-12-21(13-11-19)30-20-7-2-1-3-8-20/h1-13,18,27H,14-16H2,(H,25,28). The van der Waals surface area contributed by atoms with E-state index in [1.54, 1.807) is 29.2 Å². The van der Waals surface area contributed by atoms with Gasteiger partial charge < -0.3 is 20.1 Å². The Morgan fingerprint density at radius 2 is 1.63 bits per heavy atom. The average molecular weight is 402 g/mol. The van der Waals surface area contributed by atoms with Crippen LogP contribution >= 0.6 is 0 Å². The molecule has 0 spiro atoms. The summed E-state index contributed by atoms with van der Waals surface area (Å²) in [5, 5.41) is 12.7. The first-order chi connectivity index (χ1) is 14.6. The summed E-state index contributed by atoms with van der Waals surface area (Å²) in [4.78, 5) is 26.4. The first-order valence-corrected chi connectivity index (χ1v) is 9.78. The summed E-state index contributed by atoms with van der Waals surface area (Å²) in [6.45, 7) is 0.407. The number of carbonyl (C=O) groups is 2. The molecule has 1 saturated heterocycles. The number of phenolic OH excluding ortho intramolecular Hbond substituents is 1. The molecule has 1 aliphatic heterocycles. The molecular weight excluding hydrogens is 380 g/mol. The number of amides is 2. The van der Waals surface area contributed by atoms with Crippen LogP contribution in [0.25, 0.3) is 0 Å². The van der Waals surface area contributed by atoms with E-state index in [2.05, 4.69) is 5.32 Å². The number of rotatable bonds is 6. The van der Waals surface area contributed by atoms with Crippen LogP contribution in [0, 0.1) is 0 Å². The van der Waals surface area contributed by atoms with Gasteiger partial charge in [-0.25, -0.2) is 0 Å². The number of ether oxygens (including phenoxy) is 1. The molecule has 4 rings (SSSR count). The van der Waals surface area contributed by atoms with Gasteiger partial charge in [-0.15, -0.1) is 0 Å². The first kappa shape index (κ1) is 19.5. The Kier molecular flexibility index (Phi) is 5.66. The number of nitrogens with zero attached hydrogens (tertiary/aromatic N) is 1. The molecule has 152 valence electrons. The molecule has 0 aliphatic carbocycles. The molecule has 0 saturated carbocycles. The Balaban J connectivity index is 1.35. The topological polar surface area (TPSA) is 78.9 Å². The SMILES string of the molecule is O=C(Cc1ccccc1O)NC1CC(=O)N(c2ccc(Oc3ccccc3)cc2)C1. The normalized spacial score (nSPS) is 15.8. The minimum absolute atomic E-state index is 0.0420. The van der Waals surface area contributed by atoms with Gasteiger partial charge in [-0.2, -0.15) is 0 Å². The second-order valence-electron chi connectivity index (χ2n) is 7.19. The lowest BCUT2D eigenvalue weighted by Crippen LogP contribution is -2.38. The second kappa shape index (κ2) is 8.69. The zero-order valence-corrected chi connectivity index (χ0v) is 16.3. The van der Waals surface area contributed by atoms with Gasteiger partial charge in [-0.3, -0.25) is 9.59 Å². The van der Waals surface area contributed by atoms with Crippen LogP contribution in [-0.4, -0.2) is 29.5 Å². The van der Waals surface area contributed by atoms with Crippen molar-refractivity contribution < 1.29 is 19.4 Å². The van der Waals surface area contributed by atoms with E-state index in [0.717, 1.165) is 11.4 Å². The quantitative estimate of drug-likeness (QED) is 0.660. The third-order valence-electron chi connectivity index (χ3n) is 4.96. The van der Waals surface area contributed by atoms with Crippen LogP contribution in [0.1, 0.15) is 12.0 Å². The fourth-order valence-electron chi connectivity index (χ4n) is 3.48. The second-order valence-corrected chi connectivity index (χ2v) is 7.19. The number of phenols is 1. The van der Waals surface area contributed by atoms with E-state index in [0.29, 0.717) is 17.9 Å². The molecule has 1 unspecified atom stereocenters. The Bertz CT molecular complexity index is 1030. The Morgan fingerprint density at radius 1 is 0.967 bits per heavy atom. The average Bonchev–Trinajstić information content (AvgIpc) is 3.11. The van der Waals surface area contributed by atoms with E-state index in [1.165, 1.54) is 0 Å². The number of hydrogen-bond acceptors (Lipinski definition) is 4. The summed E-state index contributed by atoms with van der Waals surface area (Å²) in [5.74, 6) is 1.26. The van der Waals surface area contributed by atoms with E-state index >= 15 is 0 Å². The highest BCUT2D eigenvalue weighted by molar-refractivity contribution is 5.97. The third kappa shape index (κ3) is 4.60. The van der Waals surface area contributed by atoms with E-state index in [-0.39, 0.29) is 36.4 Å². The summed E-state index contributed by atoms with van der Waals surface area (Å²) < 4.78 is 5.78. The smallest absolute Gasteiger partial charge is 0.229 e. The molecule has 2 N–H and O–H groups in total. The number of hydrogen-bond donors (Lipinski definition) is 2. The summed E-state index contributed by atoms with van der Waals surface area (Å²) >= 11 is 0. The lowest BCUT2D eigenvalue weighted by atomic mass is 10.1. The van der Waals surface area contributed by atoms with Gasteiger partial charge in [-0.05, 0) is 42.5 Å². The maximum atomic E-state index is 12.5. The Labute approximate surface area is 174 Å². The van der Waals surface area contributed by atoms with E-state index in [9.17, 15) is 14.7 Å². The first-order valence-electron chi connectivity index (χ1n) is 9.78. The van der Waals surface area contributed by atoms with Gasteiger partial charge in [0.15, 0.2) is 0 Å². The highest BCUT2D eigenvalue weighted by atomic mass is 16.5. The molecule has 1 fully saturated rings. The van der Waals surface area contributed by atoms with Gasteiger partial charge in [0.25, 0.3) is 0 Å². The van der Waals surface area contributed by atoms with Crippen molar-refractivity contribution in [1.29, 1.82) is 0 Å². The monoisotopic (exact) mass is 402 g/mol. The fraction of sp³-hybridized carbons (Fsp3) is 0.167. The molecule has 3 aromatic carbocycles. The van der Waals surface area contributed by atoms with Gasteiger partial charge in [0.05, 0.1) is 12.5 Å². The van der Waals surface area contributed by atoms with Crippen molar-refractivity contribution in [2.75, 3.05) is 11.4 Å². The minimum Gasteiger partial charge on any atom is -0.508 e. The molecule has 3 aromatic rings. The molecule has 0 radical (unpaired) electrons. The Morgan fingerprint density at radius 3 is 2.37 bits per heavy atom. The fourth-order valence-corrected chi connectivity index (χ4v) is 3.48. The molecule has 0 aromatic heterocycles. The van der Waals surface area contributed by atoms with E-state index in [4.69, 9.17) is 4.74 Å². The molecule has 6 heteroatoms. The van der Waals surface area contributed by atoms with Crippen molar-refractivity contribution in [2.45, 2.75) is 18.9 Å². The summed E-state index contributed by atoms with van der Waals surface area (Å²) in [7, 11) is 0. The number of carbonyl (C=O) groups excluding carboxylic acids is 2. The van der Waals surface area contributed by atoms with Gasteiger partial charge >= 0.3 is 0 Å². The third-order valence-corrected chi connectivity index (χ3v) is 4.96. The summed E-state index contributed by atoms with van der Waals surface area (Å²) in [5.41, 5.74) is 1.32. The van der Waals surface area contributed by atoms with E-state index in [1.807, 2.05) is 54.6 Å².